The minimum absolute atomic E-state index is 0.180. The number of nitrogens with zero attached hydrogens (tertiary/aromatic N) is 1. The molecule has 4 nitrogen and oxygen atoms in total. The molecule has 104 valence electrons. The number of morpholine rings is 1. The van der Waals surface area contributed by atoms with E-state index in [1.807, 2.05) is 25.1 Å². The lowest BCUT2D eigenvalue weighted by Gasteiger charge is -2.30. The van der Waals surface area contributed by atoms with Gasteiger partial charge in [0.05, 0.1) is 13.2 Å². The molecule has 1 heterocycles. The highest BCUT2D eigenvalue weighted by Crippen LogP contribution is 2.24. The number of halogens is 1. The van der Waals surface area contributed by atoms with Crippen LogP contribution in [0.15, 0.2) is 18.2 Å². The monoisotopic (exact) mass is 282 g/mol. The Balaban J connectivity index is 2.10. The second-order valence-corrected chi connectivity index (χ2v) is 5.36. The predicted octanol–water partition coefficient (Wildman–Crippen LogP) is 2.40. The van der Waals surface area contributed by atoms with Gasteiger partial charge in [0.15, 0.2) is 0 Å². The SMILES string of the molecule is Cc1cc(NC(=O)[C@@H](C)Cl)ccc1N1CCOCC1. The molecule has 1 aliphatic rings. The van der Waals surface area contributed by atoms with Crippen LogP contribution in [0.3, 0.4) is 0 Å². The van der Waals surface area contributed by atoms with Gasteiger partial charge in [-0.2, -0.15) is 0 Å². The third kappa shape index (κ3) is 3.61. The van der Waals surface area contributed by atoms with Gasteiger partial charge in [0.2, 0.25) is 5.91 Å². The standard InChI is InChI=1S/C14H19ClN2O2/c1-10-9-12(16-14(18)11(2)15)3-4-13(10)17-5-7-19-8-6-17/h3-4,9,11H,5-8H2,1-2H3,(H,16,18)/t11-/m1/s1. The summed E-state index contributed by atoms with van der Waals surface area (Å²) in [6, 6.07) is 5.92. The zero-order chi connectivity index (χ0) is 13.8. The molecule has 1 aromatic carbocycles. The summed E-state index contributed by atoms with van der Waals surface area (Å²) in [4.78, 5) is 13.8. The van der Waals surface area contributed by atoms with Crippen LogP contribution in [-0.2, 0) is 9.53 Å². The van der Waals surface area contributed by atoms with Gasteiger partial charge in [-0.05, 0) is 37.6 Å². The maximum Gasteiger partial charge on any atom is 0.242 e. The van der Waals surface area contributed by atoms with Crippen molar-refractivity contribution in [2.45, 2.75) is 19.2 Å². The Hall–Kier alpha value is -1.26. The number of anilines is 2. The van der Waals surface area contributed by atoms with Crippen LogP contribution in [0.5, 0.6) is 0 Å². The maximum atomic E-state index is 11.5. The highest BCUT2D eigenvalue weighted by atomic mass is 35.5. The number of rotatable bonds is 3. The summed E-state index contributed by atoms with van der Waals surface area (Å²) in [5.41, 5.74) is 3.12. The number of nitrogens with one attached hydrogen (secondary N) is 1. The number of amides is 1. The van der Waals surface area contributed by atoms with E-state index in [1.165, 1.54) is 5.69 Å². The number of alkyl halides is 1. The topological polar surface area (TPSA) is 41.6 Å². The Morgan fingerprint density at radius 2 is 2.11 bits per heavy atom. The van der Waals surface area contributed by atoms with Crippen molar-refractivity contribution in [1.82, 2.24) is 0 Å². The Bertz CT molecular complexity index is 457. The van der Waals surface area contributed by atoms with Gasteiger partial charge in [0.25, 0.3) is 0 Å². The van der Waals surface area contributed by atoms with E-state index in [0.29, 0.717) is 0 Å². The van der Waals surface area contributed by atoms with Crippen LogP contribution in [0.4, 0.5) is 11.4 Å². The Morgan fingerprint density at radius 3 is 2.68 bits per heavy atom. The van der Waals surface area contributed by atoms with Crippen molar-refractivity contribution < 1.29 is 9.53 Å². The van der Waals surface area contributed by atoms with Crippen LogP contribution in [-0.4, -0.2) is 37.6 Å². The zero-order valence-electron chi connectivity index (χ0n) is 11.3. The van der Waals surface area contributed by atoms with Crippen molar-refractivity contribution in [3.8, 4) is 0 Å². The van der Waals surface area contributed by atoms with E-state index in [4.69, 9.17) is 16.3 Å². The number of hydrogen-bond acceptors (Lipinski definition) is 3. The van der Waals surface area contributed by atoms with E-state index >= 15 is 0 Å². The predicted molar refractivity (Wildman–Crippen MR) is 78.2 cm³/mol. The second-order valence-electron chi connectivity index (χ2n) is 4.71. The fourth-order valence-electron chi connectivity index (χ4n) is 2.13. The third-order valence-electron chi connectivity index (χ3n) is 3.18. The second kappa shape index (κ2) is 6.26. The summed E-state index contributed by atoms with van der Waals surface area (Å²) >= 11 is 5.74. The molecule has 1 N–H and O–H groups in total. The first-order chi connectivity index (χ1) is 9.08. The molecule has 2 rings (SSSR count). The molecule has 0 saturated carbocycles. The van der Waals surface area contributed by atoms with E-state index in [-0.39, 0.29) is 5.91 Å². The average Bonchev–Trinajstić information content (AvgIpc) is 2.39. The lowest BCUT2D eigenvalue weighted by Crippen LogP contribution is -2.36. The van der Waals surface area contributed by atoms with Crippen molar-refractivity contribution in [1.29, 1.82) is 0 Å². The molecule has 1 amide bonds. The minimum atomic E-state index is -0.528. The normalized spacial score (nSPS) is 17.1. The Morgan fingerprint density at radius 1 is 1.42 bits per heavy atom. The van der Waals surface area contributed by atoms with Gasteiger partial charge in [0.1, 0.15) is 5.38 Å². The molecule has 0 aromatic heterocycles. The fourth-order valence-corrected chi connectivity index (χ4v) is 2.19. The first-order valence-corrected chi connectivity index (χ1v) is 6.90. The molecule has 1 aliphatic heterocycles. The van der Waals surface area contributed by atoms with Crippen LogP contribution in [0, 0.1) is 6.92 Å². The summed E-state index contributed by atoms with van der Waals surface area (Å²) in [6.45, 7) is 7.05. The van der Waals surface area contributed by atoms with Gasteiger partial charge >= 0.3 is 0 Å². The molecule has 0 radical (unpaired) electrons. The molecular formula is C14H19ClN2O2. The van der Waals surface area contributed by atoms with Crippen LogP contribution >= 0.6 is 11.6 Å². The smallest absolute Gasteiger partial charge is 0.242 e. The first kappa shape index (κ1) is 14.2. The van der Waals surface area contributed by atoms with Crippen molar-refractivity contribution in [3.05, 3.63) is 23.8 Å². The summed E-state index contributed by atoms with van der Waals surface area (Å²) in [6.07, 6.45) is 0. The number of carbonyl (C=O) groups is 1. The molecule has 1 aromatic rings. The summed E-state index contributed by atoms with van der Waals surface area (Å²) in [5.74, 6) is -0.180. The molecule has 1 saturated heterocycles. The molecule has 1 atom stereocenters. The fraction of sp³-hybridized carbons (Fsp3) is 0.500. The highest BCUT2D eigenvalue weighted by Gasteiger charge is 2.14. The third-order valence-corrected chi connectivity index (χ3v) is 3.38. The molecule has 0 unspecified atom stereocenters. The van der Waals surface area contributed by atoms with Crippen LogP contribution in [0.25, 0.3) is 0 Å². The lowest BCUT2D eigenvalue weighted by molar-refractivity contribution is -0.115. The van der Waals surface area contributed by atoms with Gasteiger partial charge < -0.3 is 15.0 Å². The number of carbonyl (C=O) groups excluding carboxylic acids is 1. The molecule has 19 heavy (non-hydrogen) atoms. The Kier molecular flexibility index (Phi) is 4.66. The van der Waals surface area contributed by atoms with Gasteiger partial charge in [-0.1, -0.05) is 0 Å². The van der Waals surface area contributed by atoms with Crippen molar-refractivity contribution in [3.63, 3.8) is 0 Å². The largest absolute Gasteiger partial charge is 0.378 e. The lowest BCUT2D eigenvalue weighted by atomic mass is 10.1. The number of aryl methyl sites for hydroxylation is 1. The highest BCUT2D eigenvalue weighted by molar-refractivity contribution is 6.32. The molecule has 0 spiro atoms. The average molecular weight is 283 g/mol. The van der Waals surface area contributed by atoms with Gasteiger partial charge in [-0.3, -0.25) is 4.79 Å². The molecule has 0 aliphatic carbocycles. The van der Waals surface area contributed by atoms with Crippen LogP contribution in [0.1, 0.15) is 12.5 Å². The first-order valence-electron chi connectivity index (χ1n) is 6.46. The number of ether oxygens (including phenoxy) is 1. The Labute approximate surface area is 118 Å². The van der Waals surface area contributed by atoms with Crippen molar-refractivity contribution in [2.24, 2.45) is 0 Å². The molecule has 5 heteroatoms. The van der Waals surface area contributed by atoms with E-state index in [9.17, 15) is 4.79 Å². The minimum Gasteiger partial charge on any atom is -0.378 e. The van der Waals surface area contributed by atoms with Crippen LogP contribution < -0.4 is 10.2 Å². The van der Waals surface area contributed by atoms with Crippen LogP contribution in [0.2, 0.25) is 0 Å². The molecular weight excluding hydrogens is 264 g/mol. The maximum absolute atomic E-state index is 11.5. The zero-order valence-corrected chi connectivity index (χ0v) is 12.0. The van der Waals surface area contributed by atoms with Crippen molar-refractivity contribution in [2.75, 3.05) is 36.5 Å². The summed E-state index contributed by atoms with van der Waals surface area (Å²) in [7, 11) is 0. The number of hydrogen-bond donors (Lipinski definition) is 1. The summed E-state index contributed by atoms with van der Waals surface area (Å²) in [5, 5.41) is 2.27. The van der Waals surface area contributed by atoms with Crippen molar-refractivity contribution >= 4 is 28.9 Å². The quantitative estimate of drug-likeness (QED) is 0.866. The van der Waals surface area contributed by atoms with E-state index in [1.54, 1.807) is 6.92 Å². The molecule has 1 fully saturated rings. The van der Waals surface area contributed by atoms with Gasteiger partial charge in [-0.15, -0.1) is 11.6 Å². The summed E-state index contributed by atoms with van der Waals surface area (Å²) < 4.78 is 5.35. The van der Waals surface area contributed by atoms with E-state index < -0.39 is 5.38 Å². The molecule has 0 bridgehead atoms. The van der Waals surface area contributed by atoms with E-state index in [0.717, 1.165) is 37.6 Å². The van der Waals surface area contributed by atoms with E-state index in [2.05, 4.69) is 10.2 Å². The van der Waals surface area contributed by atoms with Gasteiger partial charge in [-0.25, -0.2) is 0 Å². The van der Waals surface area contributed by atoms with Gasteiger partial charge in [0, 0.05) is 24.5 Å². The number of benzene rings is 1.